The molecule has 0 radical (unpaired) electrons. The molecule has 0 aliphatic rings. The van der Waals surface area contributed by atoms with Crippen molar-refractivity contribution in [3.63, 3.8) is 0 Å². The number of rotatable bonds is 8. The maximum absolute atomic E-state index is 12.2. The lowest BCUT2D eigenvalue weighted by atomic mass is 10.1. The van der Waals surface area contributed by atoms with Gasteiger partial charge in [0.25, 0.3) is 0 Å². The number of hydrogen-bond acceptors (Lipinski definition) is 5. The number of carbonyl (C=O) groups excluding carboxylic acids is 1. The van der Waals surface area contributed by atoms with Gasteiger partial charge in [-0.2, -0.15) is 0 Å². The molecule has 1 heterocycles. The van der Waals surface area contributed by atoms with Gasteiger partial charge in [-0.1, -0.05) is 29.4 Å². The Morgan fingerprint density at radius 3 is 2.28 bits per heavy atom. The monoisotopic (exact) mass is 393 g/mol. The number of anilines is 1. The Morgan fingerprint density at radius 2 is 1.69 bits per heavy atom. The van der Waals surface area contributed by atoms with E-state index < -0.39 is 0 Å². The molecule has 1 amide bonds. The summed E-state index contributed by atoms with van der Waals surface area (Å²) in [4.78, 5) is 14.3. The van der Waals surface area contributed by atoms with E-state index >= 15 is 0 Å². The molecule has 6 nitrogen and oxygen atoms in total. The summed E-state index contributed by atoms with van der Waals surface area (Å²) in [6.45, 7) is 4.70. The summed E-state index contributed by atoms with van der Waals surface area (Å²) >= 11 is 0. The average molecular weight is 393 g/mol. The van der Waals surface area contributed by atoms with Gasteiger partial charge in [0.1, 0.15) is 18.1 Å². The van der Waals surface area contributed by atoms with Gasteiger partial charge < -0.3 is 19.5 Å². The maximum Gasteiger partial charge on any atom is 0.224 e. The van der Waals surface area contributed by atoms with Crippen LogP contribution in [0.4, 0.5) is 5.69 Å². The Labute approximate surface area is 171 Å². The molecule has 152 valence electrons. The van der Waals surface area contributed by atoms with E-state index in [0.717, 1.165) is 39.6 Å². The van der Waals surface area contributed by atoms with Crippen LogP contribution >= 0.6 is 0 Å². The third-order valence-electron chi connectivity index (χ3n) is 4.79. The average Bonchev–Trinajstić information content (AvgIpc) is 3.04. The van der Waals surface area contributed by atoms with Gasteiger partial charge in [-0.15, -0.1) is 0 Å². The quantitative estimate of drug-likeness (QED) is 0.631. The number of nitrogens with one attached hydrogen (secondary N) is 1. The van der Waals surface area contributed by atoms with Crippen molar-refractivity contribution >= 4 is 11.6 Å². The smallest absolute Gasteiger partial charge is 0.224 e. The normalized spacial score (nSPS) is 10.6. The lowest BCUT2D eigenvalue weighted by Crippen LogP contribution is -2.24. The summed E-state index contributed by atoms with van der Waals surface area (Å²) in [6.07, 6.45) is 0.333. The van der Waals surface area contributed by atoms with E-state index in [1.54, 1.807) is 0 Å². The molecule has 0 spiro atoms. The number of nitrogens with zero attached hydrogens (tertiary/aromatic N) is 2. The predicted octanol–water partition coefficient (Wildman–Crippen LogP) is 3.80. The number of aromatic nitrogens is 1. The van der Waals surface area contributed by atoms with Crippen molar-refractivity contribution in [1.82, 2.24) is 10.5 Å². The fraction of sp³-hybridized carbons (Fsp3) is 0.304. The zero-order chi connectivity index (χ0) is 20.8. The highest BCUT2D eigenvalue weighted by Crippen LogP contribution is 2.18. The van der Waals surface area contributed by atoms with Crippen molar-refractivity contribution in [1.29, 1.82) is 0 Å². The summed E-state index contributed by atoms with van der Waals surface area (Å²) in [5, 5.41) is 6.89. The Kier molecular flexibility index (Phi) is 6.54. The van der Waals surface area contributed by atoms with Gasteiger partial charge in [0.15, 0.2) is 0 Å². The number of aryl methyl sites for hydroxylation is 2. The van der Waals surface area contributed by atoms with Crippen LogP contribution in [0, 0.1) is 13.8 Å². The molecular weight excluding hydrogens is 366 g/mol. The second-order valence-electron chi connectivity index (χ2n) is 7.25. The van der Waals surface area contributed by atoms with Gasteiger partial charge in [-0.3, -0.25) is 4.79 Å². The minimum Gasteiger partial charge on any atom is -0.489 e. The highest BCUT2D eigenvalue weighted by molar-refractivity contribution is 5.78. The summed E-state index contributed by atoms with van der Waals surface area (Å²) in [5.41, 5.74) is 4.96. The van der Waals surface area contributed by atoms with Crippen molar-refractivity contribution in [2.75, 3.05) is 19.0 Å². The summed E-state index contributed by atoms with van der Waals surface area (Å²) < 4.78 is 10.9. The molecule has 0 atom stereocenters. The first-order valence-corrected chi connectivity index (χ1v) is 9.59. The minimum absolute atomic E-state index is 0.00826. The zero-order valence-corrected chi connectivity index (χ0v) is 17.4. The molecule has 0 saturated carbocycles. The lowest BCUT2D eigenvalue weighted by molar-refractivity contribution is -0.120. The predicted molar refractivity (Wildman–Crippen MR) is 113 cm³/mol. The van der Waals surface area contributed by atoms with Crippen LogP contribution in [0.1, 0.15) is 28.1 Å². The van der Waals surface area contributed by atoms with Gasteiger partial charge in [-0.25, -0.2) is 0 Å². The third-order valence-corrected chi connectivity index (χ3v) is 4.79. The third kappa shape index (κ3) is 5.60. The number of hydrogen-bond donors (Lipinski definition) is 1. The zero-order valence-electron chi connectivity index (χ0n) is 17.4. The Morgan fingerprint density at radius 1 is 1.03 bits per heavy atom. The fourth-order valence-electron chi connectivity index (χ4n) is 2.93. The molecule has 0 aliphatic heterocycles. The van der Waals surface area contributed by atoms with Gasteiger partial charge in [0, 0.05) is 26.3 Å². The fourth-order valence-corrected chi connectivity index (χ4v) is 2.93. The first-order chi connectivity index (χ1) is 13.9. The molecule has 2 aromatic carbocycles. The van der Waals surface area contributed by atoms with Crippen molar-refractivity contribution in [3.8, 4) is 5.75 Å². The first kappa shape index (κ1) is 20.5. The molecule has 3 aromatic rings. The van der Waals surface area contributed by atoms with Crippen LogP contribution in [0.5, 0.6) is 5.75 Å². The number of amides is 1. The van der Waals surface area contributed by atoms with Crippen LogP contribution in [0.15, 0.2) is 53.1 Å². The molecule has 29 heavy (non-hydrogen) atoms. The van der Waals surface area contributed by atoms with Crippen LogP contribution in [-0.2, 0) is 24.4 Å². The SMILES string of the molecule is Cc1noc(C)c1COc1ccc(CC(=O)NCc2ccc(N(C)C)cc2)cc1. The molecule has 0 saturated heterocycles. The van der Waals surface area contributed by atoms with Crippen molar-refractivity contribution in [2.24, 2.45) is 0 Å². The van der Waals surface area contributed by atoms with Crippen LogP contribution < -0.4 is 15.0 Å². The summed E-state index contributed by atoms with van der Waals surface area (Å²) in [5.74, 6) is 1.51. The largest absolute Gasteiger partial charge is 0.489 e. The molecule has 0 aliphatic carbocycles. The second kappa shape index (κ2) is 9.28. The maximum atomic E-state index is 12.2. The Bertz CT molecular complexity index is 925. The van der Waals surface area contributed by atoms with Gasteiger partial charge in [0.05, 0.1) is 17.7 Å². The van der Waals surface area contributed by atoms with Crippen LogP contribution in [0.25, 0.3) is 0 Å². The Hall–Kier alpha value is -3.28. The standard InChI is InChI=1S/C23H27N3O3/c1-16-22(17(2)29-25-16)15-28-21-11-7-18(8-12-21)13-23(27)24-14-19-5-9-20(10-6-19)26(3)4/h5-12H,13-15H2,1-4H3,(H,24,27). The van der Waals surface area contributed by atoms with Gasteiger partial charge in [-0.05, 0) is 49.2 Å². The van der Waals surface area contributed by atoms with Crippen molar-refractivity contribution < 1.29 is 14.1 Å². The van der Waals surface area contributed by atoms with E-state index in [9.17, 15) is 4.79 Å². The van der Waals surface area contributed by atoms with E-state index in [1.807, 2.05) is 81.4 Å². The van der Waals surface area contributed by atoms with E-state index in [-0.39, 0.29) is 5.91 Å². The number of carbonyl (C=O) groups is 1. The number of benzene rings is 2. The minimum atomic E-state index is -0.00826. The molecule has 6 heteroatoms. The van der Waals surface area contributed by atoms with Crippen molar-refractivity contribution in [3.05, 3.63) is 76.7 Å². The molecule has 0 fully saturated rings. The van der Waals surface area contributed by atoms with Crippen LogP contribution in [0.2, 0.25) is 0 Å². The second-order valence-corrected chi connectivity index (χ2v) is 7.25. The van der Waals surface area contributed by atoms with Crippen LogP contribution in [-0.4, -0.2) is 25.2 Å². The highest BCUT2D eigenvalue weighted by atomic mass is 16.5. The topological polar surface area (TPSA) is 67.6 Å². The van der Waals surface area contributed by atoms with Crippen LogP contribution in [0.3, 0.4) is 0 Å². The summed E-state index contributed by atoms with van der Waals surface area (Å²) in [6, 6.07) is 15.7. The first-order valence-electron chi connectivity index (χ1n) is 9.59. The van der Waals surface area contributed by atoms with Gasteiger partial charge >= 0.3 is 0 Å². The van der Waals surface area contributed by atoms with E-state index in [2.05, 4.69) is 10.5 Å². The van der Waals surface area contributed by atoms with E-state index in [0.29, 0.717) is 19.6 Å². The molecular formula is C23H27N3O3. The van der Waals surface area contributed by atoms with Gasteiger partial charge in [0.2, 0.25) is 5.91 Å². The molecule has 1 aromatic heterocycles. The summed E-state index contributed by atoms with van der Waals surface area (Å²) in [7, 11) is 4.01. The Balaban J connectivity index is 1.47. The molecule has 1 N–H and O–H groups in total. The van der Waals surface area contributed by atoms with E-state index in [1.165, 1.54) is 0 Å². The lowest BCUT2D eigenvalue weighted by Gasteiger charge is -2.13. The number of ether oxygens (including phenoxy) is 1. The van der Waals surface area contributed by atoms with E-state index in [4.69, 9.17) is 9.26 Å². The van der Waals surface area contributed by atoms with Crippen molar-refractivity contribution in [2.45, 2.75) is 33.4 Å². The molecule has 3 rings (SSSR count). The highest BCUT2D eigenvalue weighted by Gasteiger charge is 2.10. The molecule has 0 unspecified atom stereocenters. The molecule has 0 bridgehead atoms.